The molecule has 2 bridgehead atoms. The molecule has 4 rings (SSSR count). The molecule has 2 fully saturated rings. The van der Waals surface area contributed by atoms with Gasteiger partial charge in [-0.05, 0) is 54.5 Å². The molecule has 0 spiro atoms. The van der Waals surface area contributed by atoms with Crippen molar-refractivity contribution in [2.24, 2.45) is 16.7 Å². The van der Waals surface area contributed by atoms with Gasteiger partial charge < -0.3 is 0 Å². The SMILES string of the molecule is CC1(C)[C@H]2CC[C@]1(C)C(=O)C2=CC(=O)c1cnn(-c2ccc(Cl)cc2)c1C(F)(F)F. The highest BCUT2D eigenvalue weighted by molar-refractivity contribution is 6.30. The van der Waals surface area contributed by atoms with Gasteiger partial charge in [-0.15, -0.1) is 0 Å². The first kappa shape index (κ1) is 20.8. The van der Waals surface area contributed by atoms with Crippen molar-refractivity contribution in [1.29, 1.82) is 0 Å². The number of carbonyl (C=O) groups excluding carboxylic acids is 2. The van der Waals surface area contributed by atoms with E-state index < -0.39 is 28.6 Å². The highest BCUT2D eigenvalue weighted by Crippen LogP contribution is 2.65. The second-order valence-electron chi connectivity index (χ2n) is 8.73. The van der Waals surface area contributed by atoms with Crippen LogP contribution in [0.2, 0.25) is 5.02 Å². The van der Waals surface area contributed by atoms with Gasteiger partial charge in [-0.1, -0.05) is 32.4 Å². The van der Waals surface area contributed by atoms with Crippen LogP contribution in [-0.2, 0) is 11.0 Å². The number of halogens is 4. The summed E-state index contributed by atoms with van der Waals surface area (Å²) in [7, 11) is 0. The Morgan fingerprint density at radius 2 is 1.87 bits per heavy atom. The first-order chi connectivity index (χ1) is 13.9. The molecule has 0 saturated heterocycles. The second-order valence-corrected chi connectivity index (χ2v) is 9.17. The first-order valence-electron chi connectivity index (χ1n) is 9.60. The summed E-state index contributed by atoms with van der Waals surface area (Å²) in [5, 5.41) is 4.17. The molecule has 30 heavy (non-hydrogen) atoms. The first-order valence-corrected chi connectivity index (χ1v) is 9.97. The monoisotopic (exact) mass is 436 g/mol. The number of allylic oxidation sites excluding steroid dienone is 2. The number of hydrogen-bond donors (Lipinski definition) is 0. The third kappa shape index (κ3) is 2.86. The number of ketones is 2. The van der Waals surface area contributed by atoms with Crippen LogP contribution in [0.1, 0.15) is 49.7 Å². The Bertz CT molecular complexity index is 1080. The molecule has 2 aliphatic rings. The molecule has 0 amide bonds. The van der Waals surface area contributed by atoms with E-state index in [0.29, 0.717) is 15.3 Å². The van der Waals surface area contributed by atoms with Crippen LogP contribution in [0.25, 0.3) is 5.69 Å². The van der Waals surface area contributed by atoms with Gasteiger partial charge in [0, 0.05) is 16.0 Å². The molecular formula is C22H20ClF3N2O2. The maximum absolute atomic E-state index is 13.9. The Hall–Kier alpha value is -2.41. The van der Waals surface area contributed by atoms with E-state index >= 15 is 0 Å². The van der Waals surface area contributed by atoms with E-state index in [1.54, 1.807) is 0 Å². The summed E-state index contributed by atoms with van der Waals surface area (Å²) in [6, 6.07) is 5.66. The van der Waals surface area contributed by atoms with E-state index in [-0.39, 0.29) is 22.8 Å². The molecule has 0 unspecified atom stereocenters. The average Bonchev–Trinajstić information content (AvgIpc) is 3.24. The molecule has 4 nitrogen and oxygen atoms in total. The molecule has 1 aromatic heterocycles. The Morgan fingerprint density at radius 1 is 1.23 bits per heavy atom. The molecule has 8 heteroatoms. The number of fused-ring (bicyclic) bond motifs is 2. The van der Waals surface area contributed by atoms with E-state index in [1.807, 2.05) is 20.8 Å². The minimum atomic E-state index is -4.82. The van der Waals surface area contributed by atoms with E-state index in [4.69, 9.17) is 11.6 Å². The van der Waals surface area contributed by atoms with E-state index in [9.17, 15) is 22.8 Å². The number of aromatic nitrogens is 2. The highest BCUT2D eigenvalue weighted by Gasteiger charge is 2.64. The summed E-state index contributed by atoms with van der Waals surface area (Å²) in [4.78, 5) is 25.8. The molecule has 0 aliphatic heterocycles. The normalized spacial score (nSPS) is 26.6. The lowest BCUT2D eigenvalue weighted by atomic mass is 9.70. The fraction of sp³-hybridized carbons (Fsp3) is 0.409. The van der Waals surface area contributed by atoms with Crippen molar-refractivity contribution in [3.63, 3.8) is 0 Å². The Labute approximate surface area is 176 Å². The maximum Gasteiger partial charge on any atom is 0.434 e. The predicted molar refractivity (Wildman–Crippen MR) is 106 cm³/mol. The lowest BCUT2D eigenvalue weighted by Gasteiger charge is -2.31. The number of rotatable bonds is 3. The van der Waals surface area contributed by atoms with Crippen LogP contribution in [-0.4, -0.2) is 21.3 Å². The van der Waals surface area contributed by atoms with E-state index in [1.165, 1.54) is 24.3 Å². The predicted octanol–water partition coefficient (Wildman–Crippen LogP) is 5.68. The second kappa shape index (κ2) is 6.54. The zero-order valence-corrected chi connectivity index (χ0v) is 17.4. The summed E-state index contributed by atoms with van der Waals surface area (Å²) in [6.45, 7) is 5.83. The zero-order chi connectivity index (χ0) is 22.1. The average molecular weight is 437 g/mol. The van der Waals surface area contributed by atoms with Gasteiger partial charge in [-0.3, -0.25) is 9.59 Å². The van der Waals surface area contributed by atoms with Crippen LogP contribution in [0.3, 0.4) is 0 Å². The molecule has 2 aromatic rings. The maximum atomic E-state index is 13.9. The molecule has 1 heterocycles. The fourth-order valence-electron chi connectivity index (χ4n) is 4.89. The molecule has 0 N–H and O–H groups in total. The van der Waals surface area contributed by atoms with Gasteiger partial charge in [-0.25, -0.2) is 4.68 Å². The van der Waals surface area contributed by atoms with Crippen molar-refractivity contribution in [2.45, 2.75) is 39.8 Å². The highest BCUT2D eigenvalue weighted by atomic mass is 35.5. The molecule has 1 aromatic carbocycles. The Morgan fingerprint density at radius 3 is 2.40 bits per heavy atom. The Balaban J connectivity index is 1.79. The minimum absolute atomic E-state index is 0.128. The third-order valence-corrected chi connectivity index (χ3v) is 7.28. The molecule has 0 radical (unpaired) electrons. The fourth-order valence-corrected chi connectivity index (χ4v) is 5.02. The van der Waals surface area contributed by atoms with Crippen molar-refractivity contribution in [2.75, 3.05) is 0 Å². The smallest absolute Gasteiger partial charge is 0.294 e. The minimum Gasteiger partial charge on any atom is -0.294 e. The van der Waals surface area contributed by atoms with Crippen molar-refractivity contribution in [3.05, 3.63) is 58.4 Å². The van der Waals surface area contributed by atoms with E-state index in [0.717, 1.165) is 25.1 Å². The van der Waals surface area contributed by atoms with E-state index in [2.05, 4.69) is 5.10 Å². The van der Waals surface area contributed by atoms with Crippen LogP contribution >= 0.6 is 11.6 Å². The van der Waals surface area contributed by atoms with Gasteiger partial charge >= 0.3 is 6.18 Å². The third-order valence-electron chi connectivity index (χ3n) is 7.03. The summed E-state index contributed by atoms with van der Waals surface area (Å²) in [5.41, 5.74) is -2.23. The summed E-state index contributed by atoms with van der Waals surface area (Å²) in [6.07, 6.45) is -1.36. The quantitative estimate of drug-likeness (QED) is 0.459. The standard InChI is InChI=1S/C22H20ClF3N2O2/c1-20(2)16-8-9-21(20,3)19(30)14(16)10-17(29)15-11-27-28(18(15)22(24,25)26)13-6-4-12(23)5-7-13/h4-7,10-11,16H,8-9H2,1-3H3/t16-,21+/m0/s1. The lowest BCUT2D eigenvalue weighted by Crippen LogP contribution is -2.32. The number of carbonyl (C=O) groups is 2. The molecular weight excluding hydrogens is 417 g/mol. The zero-order valence-electron chi connectivity index (χ0n) is 16.7. The van der Waals surface area contributed by atoms with Gasteiger partial charge in [0.2, 0.25) is 0 Å². The summed E-state index contributed by atoms with van der Waals surface area (Å²) < 4.78 is 42.3. The van der Waals surface area contributed by atoms with Gasteiger partial charge in [0.25, 0.3) is 0 Å². The number of hydrogen-bond acceptors (Lipinski definition) is 3. The summed E-state index contributed by atoms with van der Waals surface area (Å²) in [5.74, 6) is -1.15. The largest absolute Gasteiger partial charge is 0.434 e. The molecule has 2 aliphatic carbocycles. The number of Topliss-reactive ketones (excluding diaryl/α,β-unsaturated/α-hetero) is 1. The number of benzene rings is 1. The van der Waals surface area contributed by atoms with Crippen LogP contribution in [0, 0.1) is 16.7 Å². The van der Waals surface area contributed by atoms with Crippen LogP contribution in [0.15, 0.2) is 42.1 Å². The van der Waals surface area contributed by atoms with Crippen LogP contribution in [0.4, 0.5) is 13.2 Å². The van der Waals surface area contributed by atoms with Gasteiger partial charge in [0.15, 0.2) is 17.3 Å². The number of nitrogens with zero attached hydrogens (tertiary/aromatic N) is 2. The van der Waals surface area contributed by atoms with Crippen molar-refractivity contribution < 1.29 is 22.8 Å². The van der Waals surface area contributed by atoms with Crippen LogP contribution in [0.5, 0.6) is 0 Å². The summed E-state index contributed by atoms with van der Waals surface area (Å²) >= 11 is 5.81. The van der Waals surface area contributed by atoms with Crippen molar-refractivity contribution >= 4 is 23.2 Å². The topological polar surface area (TPSA) is 52.0 Å². The van der Waals surface area contributed by atoms with Crippen molar-refractivity contribution in [3.8, 4) is 5.69 Å². The van der Waals surface area contributed by atoms with Crippen molar-refractivity contribution in [1.82, 2.24) is 9.78 Å². The van der Waals surface area contributed by atoms with Gasteiger partial charge in [0.1, 0.15) is 0 Å². The van der Waals surface area contributed by atoms with Crippen LogP contribution < -0.4 is 0 Å². The molecule has 2 atom stereocenters. The number of alkyl halides is 3. The molecule has 2 saturated carbocycles. The Kier molecular flexibility index (Phi) is 4.55. The van der Waals surface area contributed by atoms with Gasteiger partial charge in [-0.2, -0.15) is 18.3 Å². The molecule has 158 valence electrons. The lowest BCUT2D eigenvalue weighted by molar-refractivity contribution is -0.143. The van der Waals surface area contributed by atoms with Gasteiger partial charge in [0.05, 0.1) is 17.4 Å².